The summed E-state index contributed by atoms with van der Waals surface area (Å²) in [5.41, 5.74) is 2.47. The maximum atomic E-state index is 13.8. The summed E-state index contributed by atoms with van der Waals surface area (Å²) < 4.78 is 19.3. The van der Waals surface area contributed by atoms with Crippen LogP contribution in [0.3, 0.4) is 0 Å². The quantitative estimate of drug-likeness (QED) is 0.523. The van der Waals surface area contributed by atoms with Crippen LogP contribution in [0.4, 0.5) is 4.39 Å². The molecule has 0 saturated heterocycles. The Morgan fingerprint density at radius 3 is 2.88 bits per heavy atom. The number of furan rings is 1. The molecular weight excluding hydrogens is 355 g/mol. The lowest BCUT2D eigenvalue weighted by Gasteiger charge is -2.06. The first-order valence-electron chi connectivity index (χ1n) is 7.99. The van der Waals surface area contributed by atoms with E-state index in [2.05, 4.69) is 10.3 Å². The molecule has 2 N–H and O–H groups in total. The number of amides is 1. The molecule has 0 atom stereocenters. The standard InChI is InChI=1S/C20H14ClFN2O2/c21-16-5-3-6-17(22)15(16)10-24-20(25)12-8-19(26-11-12)14-9-23-18-7-2-1-4-13(14)18/h1-9,11,23H,10H2,(H,24,25). The van der Waals surface area contributed by atoms with Gasteiger partial charge in [0.1, 0.15) is 17.8 Å². The number of carbonyl (C=O) groups is 1. The minimum Gasteiger partial charge on any atom is -0.463 e. The molecule has 4 rings (SSSR count). The number of nitrogens with one attached hydrogen (secondary N) is 2. The first-order chi connectivity index (χ1) is 12.6. The molecule has 0 saturated carbocycles. The first-order valence-corrected chi connectivity index (χ1v) is 8.37. The van der Waals surface area contributed by atoms with E-state index in [9.17, 15) is 9.18 Å². The molecule has 2 aromatic heterocycles. The highest BCUT2D eigenvalue weighted by Gasteiger charge is 2.15. The van der Waals surface area contributed by atoms with Crippen molar-refractivity contribution in [3.05, 3.63) is 83.0 Å². The van der Waals surface area contributed by atoms with Gasteiger partial charge in [0.05, 0.1) is 5.56 Å². The molecule has 2 aromatic carbocycles. The summed E-state index contributed by atoms with van der Waals surface area (Å²) in [6.45, 7) is -0.00204. The molecule has 0 radical (unpaired) electrons. The number of H-pyrrole nitrogens is 1. The van der Waals surface area contributed by atoms with Crippen LogP contribution in [-0.2, 0) is 6.54 Å². The van der Waals surface area contributed by atoms with E-state index in [-0.39, 0.29) is 23.0 Å². The van der Waals surface area contributed by atoms with Crippen LogP contribution in [0.2, 0.25) is 5.02 Å². The molecule has 0 aliphatic carbocycles. The van der Waals surface area contributed by atoms with Crippen LogP contribution in [0.1, 0.15) is 15.9 Å². The summed E-state index contributed by atoms with van der Waals surface area (Å²) in [4.78, 5) is 15.5. The van der Waals surface area contributed by atoms with Crippen molar-refractivity contribution in [2.24, 2.45) is 0 Å². The number of para-hydroxylation sites is 1. The molecule has 0 unspecified atom stereocenters. The monoisotopic (exact) mass is 368 g/mol. The van der Waals surface area contributed by atoms with E-state index < -0.39 is 5.82 Å². The second-order valence-corrected chi connectivity index (χ2v) is 6.24. The second kappa shape index (κ2) is 6.69. The fourth-order valence-corrected chi connectivity index (χ4v) is 3.07. The summed E-state index contributed by atoms with van der Waals surface area (Å²) in [6.07, 6.45) is 3.22. The van der Waals surface area contributed by atoms with Gasteiger partial charge in [-0.3, -0.25) is 4.79 Å². The molecule has 0 aliphatic heterocycles. The zero-order chi connectivity index (χ0) is 18.1. The van der Waals surface area contributed by atoms with Gasteiger partial charge in [-0.15, -0.1) is 0 Å². The van der Waals surface area contributed by atoms with E-state index in [0.717, 1.165) is 16.5 Å². The number of fused-ring (bicyclic) bond motifs is 1. The zero-order valence-corrected chi connectivity index (χ0v) is 14.3. The lowest BCUT2D eigenvalue weighted by molar-refractivity contribution is 0.0950. The molecule has 4 aromatic rings. The third-order valence-electron chi connectivity index (χ3n) is 4.20. The van der Waals surface area contributed by atoms with Crippen molar-refractivity contribution < 1.29 is 13.6 Å². The summed E-state index contributed by atoms with van der Waals surface area (Å²) in [7, 11) is 0. The van der Waals surface area contributed by atoms with E-state index >= 15 is 0 Å². The summed E-state index contributed by atoms with van der Waals surface area (Å²) in [5, 5.41) is 3.94. The second-order valence-electron chi connectivity index (χ2n) is 5.83. The van der Waals surface area contributed by atoms with Gasteiger partial charge in [0.2, 0.25) is 0 Å². The SMILES string of the molecule is O=C(NCc1c(F)cccc1Cl)c1coc(-c2c[nH]c3ccccc23)c1. The fourth-order valence-electron chi connectivity index (χ4n) is 2.84. The molecule has 0 fully saturated rings. The molecule has 2 heterocycles. The van der Waals surface area contributed by atoms with Crippen molar-refractivity contribution in [3.8, 4) is 11.3 Å². The van der Waals surface area contributed by atoms with Crippen LogP contribution >= 0.6 is 11.6 Å². The molecule has 0 bridgehead atoms. The Balaban J connectivity index is 1.53. The van der Waals surface area contributed by atoms with E-state index in [1.807, 2.05) is 30.5 Å². The third-order valence-corrected chi connectivity index (χ3v) is 4.56. The van der Waals surface area contributed by atoms with Crippen LogP contribution in [0.15, 0.2) is 65.4 Å². The number of halogens is 2. The smallest absolute Gasteiger partial charge is 0.254 e. The van der Waals surface area contributed by atoms with Gasteiger partial charge < -0.3 is 14.7 Å². The summed E-state index contributed by atoms with van der Waals surface area (Å²) >= 11 is 5.97. The van der Waals surface area contributed by atoms with Crippen molar-refractivity contribution in [2.75, 3.05) is 0 Å². The van der Waals surface area contributed by atoms with Crippen LogP contribution in [0.5, 0.6) is 0 Å². The van der Waals surface area contributed by atoms with Crippen LogP contribution in [0.25, 0.3) is 22.2 Å². The molecule has 130 valence electrons. The van der Waals surface area contributed by atoms with Gasteiger partial charge in [-0.2, -0.15) is 0 Å². The maximum Gasteiger partial charge on any atom is 0.254 e. The average molecular weight is 369 g/mol. The zero-order valence-electron chi connectivity index (χ0n) is 13.6. The van der Waals surface area contributed by atoms with Gasteiger partial charge in [0.25, 0.3) is 5.91 Å². The third kappa shape index (κ3) is 2.97. The Kier molecular flexibility index (Phi) is 4.22. The van der Waals surface area contributed by atoms with Gasteiger partial charge in [0, 0.05) is 39.8 Å². The number of rotatable bonds is 4. The predicted octanol–water partition coefficient (Wildman–Crippen LogP) is 5.15. The van der Waals surface area contributed by atoms with Crippen molar-refractivity contribution in [1.29, 1.82) is 0 Å². The van der Waals surface area contributed by atoms with Gasteiger partial charge in [-0.1, -0.05) is 35.9 Å². The van der Waals surface area contributed by atoms with E-state index in [0.29, 0.717) is 11.3 Å². The minimum atomic E-state index is -0.454. The number of carbonyl (C=O) groups excluding carboxylic acids is 1. The first kappa shape index (κ1) is 16.4. The molecule has 4 nitrogen and oxygen atoms in total. The lowest BCUT2D eigenvalue weighted by Crippen LogP contribution is -2.23. The summed E-state index contributed by atoms with van der Waals surface area (Å²) in [6, 6.07) is 13.9. The largest absolute Gasteiger partial charge is 0.463 e. The van der Waals surface area contributed by atoms with E-state index in [4.69, 9.17) is 16.0 Å². The maximum absolute atomic E-state index is 13.8. The Morgan fingerprint density at radius 1 is 1.19 bits per heavy atom. The summed E-state index contributed by atoms with van der Waals surface area (Å²) in [5.74, 6) is -0.236. The van der Waals surface area contributed by atoms with Crippen LogP contribution < -0.4 is 5.32 Å². The van der Waals surface area contributed by atoms with Crippen LogP contribution in [-0.4, -0.2) is 10.9 Å². The Labute approximate surface area is 153 Å². The molecule has 1 amide bonds. The van der Waals surface area contributed by atoms with Gasteiger partial charge in [0.15, 0.2) is 0 Å². The Morgan fingerprint density at radius 2 is 2.04 bits per heavy atom. The van der Waals surface area contributed by atoms with Crippen LogP contribution in [0, 0.1) is 5.82 Å². The number of hydrogen-bond acceptors (Lipinski definition) is 2. The molecule has 0 spiro atoms. The minimum absolute atomic E-state index is 0.00204. The topological polar surface area (TPSA) is 58.0 Å². The van der Waals surface area contributed by atoms with Crippen molar-refractivity contribution >= 4 is 28.4 Å². The van der Waals surface area contributed by atoms with Crippen molar-refractivity contribution in [1.82, 2.24) is 10.3 Å². The van der Waals surface area contributed by atoms with E-state index in [1.54, 1.807) is 12.1 Å². The molecule has 26 heavy (non-hydrogen) atoms. The molecule has 0 aliphatic rings. The molecule has 6 heteroatoms. The highest BCUT2D eigenvalue weighted by Crippen LogP contribution is 2.30. The highest BCUT2D eigenvalue weighted by molar-refractivity contribution is 6.31. The Bertz CT molecular complexity index is 1080. The lowest BCUT2D eigenvalue weighted by atomic mass is 10.1. The normalized spacial score (nSPS) is 11.0. The van der Waals surface area contributed by atoms with Crippen molar-refractivity contribution in [2.45, 2.75) is 6.54 Å². The number of aromatic amines is 1. The number of aromatic nitrogens is 1. The Hall–Kier alpha value is -3.05. The average Bonchev–Trinajstić information content (AvgIpc) is 3.28. The molecular formula is C20H14ClFN2O2. The van der Waals surface area contributed by atoms with Gasteiger partial charge in [-0.25, -0.2) is 4.39 Å². The number of benzene rings is 2. The van der Waals surface area contributed by atoms with Gasteiger partial charge >= 0.3 is 0 Å². The van der Waals surface area contributed by atoms with Crippen molar-refractivity contribution in [3.63, 3.8) is 0 Å². The number of hydrogen-bond donors (Lipinski definition) is 2. The predicted molar refractivity (Wildman–Crippen MR) is 98.6 cm³/mol. The van der Waals surface area contributed by atoms with Gasteiger partial charge in [-0.05, 0) is 24.3 Å². The highest BCUT2D eigenvalue weighted by atomic mass is 35.5. The van der Waals surface area contributed by atoms with E-state index in [1.165, 1.54) is 18.4 Å². The fraction of sp³-hybridized carbons (Fsp3) is 0.0500.